The van der Waals surface area contributed by atoms with Crippen molar-refractivity contribution in [2.24, 2.45) is 7.05 Å². The molecule has 18 heavy (non-hydrogen) atoms. The third kappa shape index (κ3) is 1.60. The molecule has 0 aliphatic carbocycles. The van der Waals surface area contributed by atoms with Gasteiger partial charge in [-0.05, 0) is 30.3 Å². The lowest BCUT2D eigenvalue weighted by Crippen LogP contribution is -1.97. The molecular weight excluding hydrogens is 231 g/mol. The Bertz CT molecular complexity index is 733. The van der Waals surface area contributed by atoms with E-state index < -0.39 is 0 Å². The first-order valence-corrected chi connectivity index (χ1v) is 5.50. The van der Waals surface area contributed by atoms with Crippen molar-refractivity contribution in [3.05, 3.63) is 42.2 Å². The second-order valence-corrected chi connectivity index (χ2v) is 4.08. The van der Waals surface area contributed by atoms with E-state index in [2.05, 4.69) is 9.97 Å². The van der Waals surface area contributed by atoms with Crippen LogP contribution in [0.5, 0.6) is 0 Å². The highest BCUT2D eigenvalue weighted by molar-refractivity contribution is 5.80. The highest BCUT2D eigenvalue weighted by atomic mass is 19.1. The number of nitrogen functional groups attached to an aromatic ring is 1. The first-order chi connectivity index (χ1) is 8.65. The predicted molar refractivity (Wildman–Crippen MR) is 68.3 cm³/mol. The minimum absolute atomic E-state index is 0.280. The van der Waals surface area contributed by atoms with Gasteiger partial charge in [-0.25, -0.2) is 14.4 Å². The van der Waals surface area contributed by atoms with Gasteiger partial charge in [0.1, 0.15) is 17.3 Å². The number of hydrogen-bond acceptors (Lipinski definition) is 3. The molecule has 3 rings (SSSR count). The average Bonchev–Trinajstić information content (AvgIpc) is 2.67. The number of nitrogens with two attached hydrogens (primary N) is 1. The van der Waals surface area contributed by atoms with Gasteiger partial charge in [-0.2, -0.15) is 0 Å². The molecule has 0 bridgehead atoms. The van der Waals surface area contributed by atoms with Gasteiger partial charge in [-0.15, -0.1) is 0 Å². The lowest BCUT2D eigenvalue weighted by molar-refractivity contribution is 0.629. The summed E-state index contributed by atoms with van der Waals surface area (Å²) in [5.41, 5.74) is 7.80. The molecule has 5 heteroatoms. The molecule has 0 fully saturated rings. The summed E-state index contributed by atoms with van der Waals surface area (Å²) in [5, 5.41) is 0. The van der Waals surface area contributed by atoms with E-state index >= 15 is 0 Å². The Hall–Kier alpha value is -2.43. The van der Waals surface area contributed by atoms with Crippen molar-refractivity contribution in [2.45, 2.75) is 0 Å². The van der Waals surface area contributed by atoms with E-state index in [1.165, 1.54) is 12.1 Å². The zero-order valence-electron chi connectivity index (χ0n) is 9.76. The van der Waals surface area contributed by atoms with Crippen LogP contribution in [0.15, 0.2) is 36.4 Å². The van der Waals surface area contributed by atoms with E-state index in [-0.39, 0.29) is 5.82 Å². The maximum Gasteiger partial charge on any atom is 0.159 e. The smallest absolute Gasteiger partial charge is 0.159 e. The van der Waals surface area contributed by atoms with Gasteiger partial charge in [0.15, 0.2) is 5.82 Å². The highest BCUT2D eigenvalue weighted by Gasteiger charge is 2.11. The second kappa shape index (κ2) is 3.80. The predicted octanol–water partition coefficient (Wildman–Crippen LogP) is 2.36. The fourth-order valence-corrected chi connectivity index (χ4v) is 1.97. The quantitative estimate of drug-likeness (QED) is 0.712. The van der Waals surface area contributed by atoms with Gasteiger partial charge in [-0.1, -0.05) is 6.07 Å². The number of aryl methyl sites for hydroxylation is 1. The van der Waals surface area contributed by atoms with Crippen LogP contribution in [-0.4, -0.2) is 14.5 Å². The zero-order chi connectivity index (χ0) is 12.7. The third-order valence-corrected chi connectivity index (χ3v) is 2.84. The monoisotopic (exact) mass is 242 g/mol. The van der Waals surface area contributed by atoms with Crippen LogP contribution in [0.25, 0.3) is 22.6 Å². The summed E-state index contributed by atoms with van der Waals surface area (Å²) in [6, 6.07) is 9.86. The Morgan fingerprint density at radius 3 is 2.78 bits per heavy atom. The third-order valence-electron chi connectivity index (χ3n) is 2.84. The molecule has 4 nitrogen and oxygen atoms in total. The number of imidazole rings is 1. The van der Waals surface area contributed by atoms with Crippen LogP contribution >= 0.6 is 0 Å². The number of halogens is 1. The van der Waals surface area contributed by atoms with Gasteiger partial charge in [-0.3, -0.25) is 0 Å². The Kier molecular flexibility index (Phi) is 2.26. The average molecular weight is 242 g/mol. The molecule has 0 aliphatic rings. The summed E-state index contributed by atoms with van der Waals surface area (Å²) in [7, 11) is 1.83. The number of hydrogen-bond donors (Lipinski definition) is 1. The Labute approximate surface area is 103 Å². The highest BCUT2D eigenvalue weighted by Crippen LogP contribution is 2.23. The fraction of sp³-hybridized carbons (Fsp3) is 0.0769. The van der Waals surface area contributed by atoms with Crippen LogP contribution in [0.1, 0.15) is 0 Å². The van der Waals surface area contributed by atoms with E-state index in [9.17, 15) is 4.39 Å². The van der Waals surface area contributed by atoms with Crippen molar-refractivity contribution in [3.63, 3.8) is 0 Å². The standard InChI is InChI=1S/C13H11FN4/c1-18-11-7-8(14)5-6-9(11)17-13(18)10-3-2-4-12(15)16-10/h2-7H,1H3,(H2,15,16). The Morgan fingerprint density at radius 1 is 1.17 bits per heavy atom. The van der Waals surface area contributed by atoms with Crippen molar-refractivity contribution in [1.29, 1.82) is 0 Å². The van der Waals surface area contributed by atoms with Gasteiger partial charge >= 0.3 is 0 Å². The molecule has 0 spiro atoms. The van der Waals surface area contributed by atoms with E-state index in [0.717, 1.165) is 11.0 Å². The lowest BCUT2D eigenvalue weighted by Gasteiger charge is -2.02. The van der Waals surface area contributed by atoms with Crippen molar-refractivity contribution >= 4 is 16.9 Å². The zero-order valence-corrected chi connectivity index (χ0v) is 9.76. The van der Waals surface area contributed by atoms with Crippen LogP contribution in [0.4, 0.5) is 10.2 Å². The van der Waals surface area contributed by atoms with Gasteiger partial charge in [0.05, 0.1) is 11.0 Å². The van der Waals surface area contributed by atoms with Crippen molar-refractivity contribution in [1.82, 2.24) is 14.5 Å². The lowest BCUT2D eigenvalue weighted by atomic mass is 10.3. The molecule has 0 saturated carbocycles. The maximum absolute atomic E-state index is 13.2. The Morgan fingerprint density at radius 2 is 2.00 bits per heavy atom. The van der Waals surface area contributed by atoms with Gasteiger partial charge in [0.25, 0.3) is 0 Å². The molecule has 0 atom stereocenters. The SMILES string of the molecule is Cn1c(-c2cccc(N)n2)nc2ccc(F)cc21. The number of fused-ring (bicyclic) bond motifs is 1. The molecule has 0 aliphatic heterocycles. The van der Waals surface area contributed by atoms with Crippen LogP contribution in [-0.2, 0) is 7.05 Å². The fourth-order valence-electron chi connectivity index (χ4n) is 1.97. The number of rotatable bonds is 1. The summed E-state index contributed by atoms with van der Waals surface area (Å²) in [5.74, 6) is 0.825. The van der Waals surface area contributed by atoms with Crippen LogP contribution in [0.2, 0.25) is 0 Å². The van der Waals surface area contributed by atoms with E-state index in [4.69, 9.17) is 5.73 Å². The molecule has 3 aromatic rings. The molecule has 0 unspecified atom stereocenters. The van der Waals surface area contributed by atoms with E-state index in [1.54, 1.807) is 16.7 Å². The van der Waals surface area contributed by atoms with Crippen LogP contribution in [0, 0.1) is 5.82 Å². The number of benzene rings is 1. The van der Waals surface area contributed by atoms with E-state index in [1.807, 2.05) is 19.2 Å². The topological polar surface area (TPSA) is 56.7 Å². The minimum Gasteiger partial charge on any atom is -0.384 e. The second-order valence-electron chi connectivity index (χ2n) is 4.08. The van der Waals surface area contributed by atoms with Crippen LogP contribution < -0.4 is 5.73 Å². The molecule has 2 heterocycles. The molecule has 0 amide bonds. The van der Waals surface area contributed by atoms with Gasteiger partial charge < -0.3 is 10.3 Å². The normalized spacial score (nSPS) is 11.0. The summed E-state index contributed by atoms with van der Waals surface area (Å²) >= 11 is 0. The van der Waals surface area contributed by atoms with Crippen molar-refractivity contribution in [3.8, 4) is 11.5 Å². The van der Waals surface area contributed by atoms with Gasteiger partial charge in [0.2, 0.25) is 0 Å². The summed E-state index contributed by atoms with van der Waals surface area (Å²) in [6.07, 6.45) is 0. The first kappa shape index (κ1) is 10.7. The maximum atomic E-state index is 13.2. The van der Waals surface area contributed by atoms with E-state index in [0.29, 0.717) is 17.3 Å². The number of aromatic nitrogens is 3. The first-order valence-electron chi connectivity index (χ1n) is 5.50. The van der Waals surface area contributed by atoms with Crippen molar-refractivity contribution < 1.29 is 4.39 Å². The molecular formula is C13H11FN4. The number of nitrogens with zero attached hydrogens (tertiary/aromatic N) is 3. The molecule has 1 aromatic carbocycles. The summed E-state index contributed by atoms with van der Waals surface area (Å²) in [6.45, 7) is 0. The summed E-state index contributed by atoms with van der Waals surface area (Å²) < 4.78 is 15.0. The molecule has 0 saturated heterocycles. The number of pyridine rings is 1. The summed E-state index contributed by atoms with van der Waals surface area (Å²) in [4.78, 5) is 8.67. The molecule has 0 radical (unpaired) electrons. The van der Waals surface area contributed by atoms with Crippen LogP contribution in [0.3, 0.4) is 0 Å². The molecule has 2 aromatic heterocycles. The minimum atomic E-state index is -0.280. The number of anilines is 1. The molecule has 2 N–H and O–H groups in total. The van der Waals surface area contributed by atoms with Gasteiger partial charge in [0, 0.05) is 7.05 Å². The Balaban J connectivity index is 2.27. The van der Waals surface area contributed by atoms with Crippen molar-refractivity contribution in [2.75, 3.05) is 5.73 Å². The molecule has 90 valence electrons. The largest absolute Gasteiger partial charge is 0.384 e.